The summed E-state index contributed by atoms with van der Waals surface area (Å²) in [7, 11) is 0. The van der Waals surface area contributed by atoms with Crippen molar-refractivity contribution in [3.63, 3.8) is 0 Å². The SMILES string of the molecule is Cc1cc(C)c2sc(N(CCCN3CCOCC3)C(=O)c3cccc([N+](=O)[O-])c3C)nc2c1. The fraction of sp³-hybridized carbons (Fsp3) is 0.417. The molecule has 2 heterocycles. The lowest BCUT2D eigenvalue weighted by atomic mass is 10.1. The first-order valence-electron chi connectivity index (χ1n) is 11.1. The molecule has 0 radical (unpaired) electrons. The van der Waals surface area contributed by atoms with Gasteiger partial charge in [-0.15, -0.1) is 0 Å². The molecule has 1 aromatic heterocycles. The zero-order chi connectivity index (χ0) is 23.5. The number of morpholine rings is 1. The second kappa shape index (κ2) is 9.94. The molecule has 0 N–H and O–H groups in total. The first kappa shape index (κ1) is 23.3. The number of hydrogen-bond acceptors (Lipinski definition) is 7. The Hall–Kier alpha value is -2.88. The minimum atomic E-state index is -0.446. The molecule has 174 valence electrons. The maximum absolute atomic E-state index is 13.7. The van der Waals surface area contributed by atoms with Crippen molar-refractivity contribution >= 4 is 38.3 Å². The number of aromatic nitrogens is 1. The van der Waals surface area contributed by atoms with Crippen LogP contribution in [-0.4, -0.2) is 60.1 Å². The van der Waals surface area contributed by atoms with Crippen LogP contribution in [0.4, 0.5) is 10.8 Å². The van der Waals surface area contributed by atoms with Crippen molar-refractivity contribution in [3.8, 4) is 0 Å². The van der Waals surface area contributed by atoms with Crippen LogP contribution in [-0.2, 0) is 4.74 Å². The molecule has 1 aliphatic rings. The van der Waals surface area contributed by atoms with Gasteiger partial charge in [-0.2, -0.15) is 0 Å². The fourth-order valence-corrected chi connectivity index (χ4v) is 5.28. The summed E-state index contributed by atoms with van der Waals surface area (Å²) >= 11 is 1.49. The van der Waals surface area contributed by atoms with E-state index < -0.39 is 4.92 Å². The van der Waals surface area contributed by atoms with Crippen LogP contribution in [0.15, 0.2) is 30.3 Å². The number of rotatable bonds is 7. The topological polar surface area (TPSA) is 88.8 Å². The number of hydrogen-bond donors (Lipinski definition) is 0. The number of aryl methyl sites for hydroxylation is 2. The van der Waals surface area contributed by atoms with Gasteiger partial charge in [-0.05, 0) is 50.5 Å². The molecule has 4 rings (SSSR count). The molecule has 1 fully saturated rings. The van der Waals surface area contributed by atoms with Crippen molar-refractivity contribution < 1.29 is 14.5 Å². The predicted octanol–water partition coefficient (Wildman–Crippen LogP) is 4.50. The van der Waals surface area contributed by atoms with E-state index in [0.717, 1.165) is 60.6 Å². The summed E-state index contributed by atoms with van der Waals surface area (Å²) < 4.78 is 6.47. The minimum absolute atomic E-state index is 0.0510. The van der Waals surface area contributed by atoms with Crippen molar-refractivity contribution in [1.29, 1.82) is 0 Å². The smallest absolute Gasteiger partial charge is 0.273 e. The highest BCUT2D eigenvalue weighted by molar-refractivity contribution is 7.22. The Balaban J connectivity index is 1.67. The van der Waals surface area contributed by atoms with E-state index in [1.165, 1.54) is 17.4 Å². The molecular weight excluding hydrogens is 440 g/mol. The van der Waals surface area contributed by atoms with Crippen molar-refractivity contribution in [3.05, 3.63) is 62.7 Å². The lowest BCUT2D eigenvalue weighted by Crippen LogP contribution is -2.39. The maximum atomic E-state index is 13.7. The number of benzene rings is 2. The van der Waals surface area contributed by atoms with E-state index in [0.29, 0.717) is 22.8 Å². The molecule has 1 aliphatic heterocycles. The van der Waals surface area contributed by atoms with E-state index in [-0.39, 0.29) is 11.6 Å². The van der Waals surface area contributed by atoms with E-state index in [4.69, 9.17) is 9.72 Å². The van der Waals surface area contributed by atoms with E-state index in [2.05, 4.69) is 11.0 Å². The number of fused-ring (bicyclic) bond motifs is 1. The van der Waals surface area contributed by atoms with Crippen molar-refractivity contribution in [2.24, 2.45) is 0 Å². The van der Waals surface area contributed by atoms with Gasteiger partial charge >= 0.3 is 0 Å². The third kappa shape index (κ3) is 5.05. The highest BCUT2D eigenvalue weighted by Gasteiger charge is 2.26. The number of anilines is 1. The Bertz CT molecular complexity index is 1190. The quantitative estimate of drug-likeness (QED) is 0.375. The third-order valence-corrected chi connectivity index (χ3v) is 7.21. The molecule has 0 saturated carbocycles. The summed E-state index contributed by atoms with van der Waals surface area (Å²) in [5.74, 6) is -0.258. The molecule has 3 aromatic rings. The Morgan fingerprint density at radius 3 is 2.73 bits per heavy atom. The zero-order valence-electron chi connectivity index (χ0n) is 19.2. The van der Waals surface area contributed by atoms with Crippen LogP contribution in [0.5, 0.6) is 0 Å². The summed E-state index contributed by atoms with van der Waals surface area (Å²) in [4.78, 5) is 33.5. The molecule has 1 saturated heterocycles. The number of nitro groups is 1. The maximum Gasteiger partial charge on any atom is 0.273 e. The molecule has 2 aromatic carbocycles. The Labute approximate surface area is 196 Å². The Morgan fingerprint density at radius 1 is 1.24 bits per heavy atom. The molecule has 33 heavy (non-hydrogen) atoms. The number of ether oxygens (including phenoxy) is 1. The largest absolute Gasteiger partial charge is 0.379 e. The average Bonchev–Trinajstić information content (AvgIpc) is 3.21. The van der Waals surface area contributed by atoms with Gasteiger partial charge in [-0.1, -0.05) is 23.5 Å². The van der Waals surface area contributed by atoms with Gasteiger partial charge in [0.2, 0.25) is 0 Å². The Kier molecular flexibility index (Phi) is 7.02. The summed E-state index contributed by atoms with van der Waals surface area (Å²) in [5, 5.41) is 12.0. The highest BCUT2D eigenvalue weighted by Crippen LogP contribution is 2.33. The molecule has 1 amide bonds. The molecular formula is C24H28N4O4S. The van der Waals surface area contributed by atoms with Crippen molar-refractivity contribution in [2.75, 3.05) is 44.3 Å². The molecule has 0 bridgehead atoms. The number of nitro benzene ring substituents is 1. The van der Waals surface area contributed by atoms with Crippen LogP contribution in [0.2, 0.25) is 0 Å². The molecule has 9 heteroatoms. The summed E-state index contributed by atoms with van der Waals surface area (Å²) in [6.45, 7) is 10.3. The zero-order valence-corrected chi connectivity index (χ0v) is 20.0. The highest BCUT2D eigenvalue weighted by atomic mass is 32.1. The lowest BCUT2D eigenvalue weighted by Gasteiger charge is -2.28. The van der Waals surface area contributed by atoms with Crippen LogP contribution in [0, 0.1) is 30.9 Å². The van der Waals surface area contributed by atoms with E-state index in [1.807, 2.05) is 19.9 Å². The molecule has 8 nitrogen and oxygen atoms in total. The normalized spacial score (nSPS) is 14.5. The lowest BCUT2D eigenvalue weighted by molar-refractivity contribution is -0.385. The number of carbonyl (C=O) groups is 1. The molecule has 0 atom stereocenters. The molecule has 0 unspecified atom stereocenters. The van der Waals surface area contributed by atoms with E-state index in [9.17, 15) is 14.9 Å². The van der Waals surface area contributed by atoms with Crippen LogP contribution < -0.4 is 4.90 Å². The van der Waals surface area contributed by atoms with Crippen LogP contribution in [0.25, 0.3) is 10.2 Å². The third-order valence-electron chi connectivity index (χ3n) is 5.98. The number of carbonyl (C=O) groups excluding carboxylic acids is 1. The molecule has 0 spiro atoms. The van der Waals surface area contributed by atoms with Gasteiger partial charge in [0.15, 0.2) is 5.13 Å². The first-order valence-corrected chi connectivity index (χ1v) is 11.9. The van der Waals surface area contributed by atoms with Crippen molar-refractivity contribution in [1.82, 2.24) is 9.88 Å². The number of thiazole rings is 1. The first-order chi connectivity index (χ1) is 15.8. The van der Waals surface area contributed by atoms with Gasteiger partial charge in [0.05, 0.1) is 28.4 Å². The number of nitrogens with zero attached hydrogens (tertiary/aromatic N) is 4. The van der Waals surface area contributed by atoms with Crippen molar-refractivity contribution in [2.45, 2.75) is 27.2 Å². The summed E-state index contributed by atoms with van der Waals surface area (Å²) in [6, 6.07) is 8.79. The standard InChI is InChI=1S/C24H28N4O4S/c1-16-14-17(2)22-20(15-16)25-24(33-22)27(9-5-8-26-10-12-32-13-11-26)23(29)19-6-4-7-21(18(19)3)28(30)31/h4,6-7,14-15H,5,8-13H2,1-3H3. The van der Waals surface area contributed by atoms with Gasteiger partial charge in [0.1, 0.15) is 0 Å². The van der Waals surface area contributed by atoms with Crippen LogP contribution in [0.3, 0.4) is 0 Å². The van der Waals surface area contributed by atoms with Gasteiger partial charge in [-0.3, -0.25) is 24.7 Å². The van der Waals surface area contributed by atoms with E-state index >= 15 is 0 Å². The van der Waals surface area contributed by atoms with Gasteiger partial charge < -0.3 is 4.74 Å². The van der Waals surface area contributed by atoms with Crippen LogP contribution >= 0.6 is 11.3 Å². The number of amides is 1. The average molecular weight is 469 g/mol. The summed E-state index contributed by atoms with van der Waals surface area (Å²) in [6.07, 6.45) is 0.771. The van der Waals surface area contributed by atoms with Gasteiger partial charge in [-0.25, -0.2) is 4.98 Å². The second-order valence-electron chi connectivity index (χ2n) is 8.40. The second-order valence-corrected chi connectivity index (χ2v) is 9.38. The Morgan fingerprint density at radius 2 is 2.00 bits per heavy atom. The predicted molar refractivity (Wildman–Crippen MR) is 130 cm³/mol. The summed E-state index contributed by atoms with van der Waals surface area (Å²) in [5.41, 5.74) is 3.78. The van der Waals surface area contributed by atoms with Gasteiger partial charge in [0, 0.05) is 43.4 Å². The monoisotopic (exact) mass is 468 g/mol. The van der Waals surface area contributed by atoms with E-state index in [1.54, 1.807) is 24.0 Å². The minimum Gasteiger partial charge on any atom is -0.379 e. The fourth-order valence-electron chi connectivity index (χ4n) is 4.24. The molecule has 0 aliphatic carbocycles. The van der Waals surface area contributed by atoms with Crippen LogP contribution in [0.1, 0.15) is 33.5 Å². The van der Waals surface area contributed by atoms with Gasteiger partial charge in [0.25, 0.3) is 11.6 Å².